The minimum absolute atomic E-state index is 0.0251. The fraction of sp³-hybridized carbons (Fsp3) is 0.310. The maximum absolute atomic E-state index is 14.7. The number of rotatable bonds is 8. The molecule has 0 saturated heterocycles. The molecule has 0 fully saturated rings. The van der Waals surface area contributed by atoms with Gasteiger partial charge in [-0.05, 0) is 72.2 Å². The zero-order valence-electron chi connectivity index (χ0n) is 28.4. The van der Waals surface area contributed by atoms with E-state index in [-0.39, 0.29) is 17.7 Å². The molecule has 0 aromatic heterocycles. The van der Waals surface area contributed by atoms with Crippen LogP contribution in [-0.4, -0.2) is 53.2 Å². The lowest BCUT2D eigenvalue weighted by Gasteiger charge is -2.32. The third-order valence-electron chi connectivity index (χ3n) is 10.1. The van der Waals surface area contributed by atoms with Crippen LogP contribution in [0.2, 0.25) is 0 Å². The highest BCUT2D eigenvalue weighted by Crippen LogP contribution is 2.50. The summed E-state index contributed by atoms with van der Waals surface area (Å²) in [5.74, 6) is 0.513. The van der Waals surface area contributed by atoms with Crippen LogP contribution in [0.3, 0.4) is 0 Å². The minimum atomic E-state index is -0.930. The SMILES string of the molecule is CC(C)CN1C(=O)C2=C(c3cccc(N4CCc5ccccc54)c3)N(CC(C)C)C(O)C2=C1c1cccc(N2CCc3ccccc32)c1. The van der Waals surface area contributed by atoms with Gasteiger partial charge in [-0.3, -0.25) is 4.79 Å². The lowest BCUT2D eigenvalue weighted by molar-refractivity contribution is -0.123. The van der Waals surface area contributed by atoms with Crippen molar-refractivity contribution in [2.75, 3.05) is 36.0 Å². The Morgan fingerprint density at radius 2 is 1.19 bits per heavy atom. The average Bonchev–Trinajstić information content (AvgIpc) is 3.84. The standard InChI is InChI=1S/C42H44N4O2/c1-27(2)25-45-39(31-13-9-15-33(23-31)43-21-19-29-11-5-7-17-35(29)43)37-38(41(45)47)40(46(42(37)48)26-28(3)4)32-14-10-16-34(24-32)44-22-20-30-12-6-8-18-36(30)44/h5-18,23-24,27-28,41,47H,19-22,25-26H2,1-4H3. The number of benzene rings is 4. The summed E-state index contributed by atoms with van der Waals surface area (Å²) in [6.45, 7) is 11.7. The number of amides is 1. The Balaban J connectivity index is 1.28. The zero-order valence-corrected chi connectivity index (χ0v) is 28.4. The molecule has 1 unspecified atom stereocenters. The molecule has 6 nitrogen and oxygen atoms in total. The molecule has 4 aromatic carbocycles. The van der Waals surface area contributed by atoms with Crippen molar-refractivity contribution < 1.29 is 9.90 Å². The maximum Gasteiger partial charge on any atom is 0.260 e. The van der Waals surface area contributed by atoms with Gasteiger partial charge in [0.05, 0.1) is 17.0 Å². The molecule has 4 heterocycles. The molecule has 6 heteroatoms. The summed E-state index contributed by atoms with van der Waals surface area (Å²) >= 11 is 0. The fourth-order valence-corrected chi connectivity index (χ4v) is 8.12. The second kappa shape index (κ2) is 12.0. The summed E-state index contributed by atoms with van der Waals surface area (Å²) in [4.78, 5) is 23.5. The average molecular weight is 637 g/mol. The van der Waals surface area contributed by atoms with Gasteiger partial charge in [0.1, 0.15) is 0 Å². The molecule has 4 aromatic rings. The van der Waals surface area contributed by atoms with Crippen LogP contribution in [0.4, 0.5) is 22.7 Å². The second-order valence-corrected chi connectivity index (χ2v) is 14.4. The molecule has 244 valence electrons. The van der Waals surface area contributed by atoms with E-state index in [1.807, 2.05) is 4.90 Å². The predicted octanol–water partition coefficient (Wildman–Crippen LogP) is 7.99. The molecule has 1 amide bonds. The first-order chi connectivity index (χ1) is 23.3. The molecule has 0 bridgehead atoms. The van der Waals surface area contributed by atoms with Crippen molar-refractivity contribution in [3.05, 3.63) is 130 Å². The van der Waals surface area contributed by atoms with Crippen molar-refractivity contribution in [2.45, 2.75) is 46.8 Å². The highest BCUT2D eigenvalue weighted by Gasteiger charge is 2.48. The molecule has 0 radical (unpaired) electrons. The van der Waals surface area contributed by atoms with Crippen LogP contribution < -0.4 is 9.80 Å². The number of hydrogen-bond acceptors (Lipinski definition) is 5. The van der Waals surface area contributed by atoms with Crippen LogP contribution in [-0.2, 0) is 17.6 Å². The van der Waals surface area contributed by atoms with Crippen LogP contribution in [0.25, 0.3) is 11.4 Å². The Kier molecular flexibility index (Phi) is 7.64. The molecule has 1 N–H and O–H groups in total. The number of carbonyl (C=O) groups excluding carboxylic acids is 1. The van der Waals surface area contributed by atoms with Gasteiger partial charge in [0.25, 0.3) is 5.91 Å². The second-order valence-electron chi connectivity index (χ2n) is 14.4. The monoisotopic (exact) mass is 636 g/mol. The van der Waals surface area contributed by atoms with Crippen molar-refractivity contribution in [1.29, 1.82) is 0 Å². The molecule has 4 aliphatic rings. The number of carbonyl (C=O) groups is 1. The molecule has 8 rings (SSSR count). The zero-order chi connectivity index (χ0) is 33.1. The van der Waals surface area contributed by atoms with E-state index in [0.717, 1.165) is 65.4 Å². The van der Waals surface area contributed by atoms with E-state index >= 15 is 0 Å². The summed E-state index contributed by atoms with van der Waals surface area (Å²) in [5.41, 5.74) is 12.3. The highest BCUT2D eigenvalue weighted by atomic mass is 16.3. The number of aliphatic hydroxyl groups excluding tert-OH is 1. The number of hydrogen-bond donors (Lipinski definition) is 1. The number of para-hydroxylation sites is 2. The summed E-state index contributed by atoms with van der Waals surface area (Å²) in [7, 11) is 0. The summed E-state index contributed by atoms with van der Waals surface area (Å²) in [5, 5.41) is 12.3. The summed E-state index contributed by atoms with van der Waals surface area (Å²) < 4.78 is 0. The Bertz CT molecular complexity index is 1970. The van der Waals surface area contributed by atoms with Crippen LogP contribution >= 0.6 is 0 Å². The van der Waals surface area contributed by atoms with E-state index < -0.39 is 6.23 Å². The fourth-order valence-electron chi connectivity index (χ4n) is 8.12. The van der Waals surface area contributed by atoms with Gasteiger partial charge in [0.2, 0.25) is 0 Å². The van der Waals surface area contributed by atoms with Crippen LogP contribution in [0.1, 0.15) is 49.9 Å². The normalized spacial score (nSPS) is 18.6. The van der Waals surface area contributed by atoms with Crippen LogP contribution in [0.15, 0.2) is 108 Å². The smallest absolute Gasteiger partial charge is 0.260 e. The molecular weight excluding hydrogens is 592 g/mol. The number of fused-ring (bicyclic) bond motifs is 3. The van der Waals surface area contributed by atoms with Gasteiger partial charge < -0.3 is 24.7 Å². The molecule has 0 spiro atoms. The van der Waals surface area contributed by atoms with Gasteiger partial charge in [-0.1, -0.05) is 88.4 Å². The van der Waals surface area contributed by atoms with Gasteiger partial charge in [-0.25, -0.2) is 0 Å². The molecule has 4 aliphatic heterocycles. The molecular formula is C42H44N4O2. The van der Waals surface area contributed by atoms with Crippen LogP contribution in [0, 0.1) is 11.8 Å². The predicted molar refractivity (Wildman–Crippen MR) is 195 cm³/mol. The summed E-state index contributed by atoms with van der Waals surface area (Å²) in [6, 6.07) is 34.3. The van der Waals surface area contributed by atoms with E-state index in [1.165, 1.54) is 22.5 Å². The van der Waals surface area contributed by atoms with E-state index in [2.05, 4.69) is 139 Å². The van der Waals surface area contributed by atoms with E-state index in [0.29, 0.717) is 18.7 Å². The molecule has 1 atom stereocenters. The third-order valence-corrected chi connectivity index (χ3v) is 10.1. The number of aliphatic hydroxyl groups is 1. The Morgan fingerprint density at radius 3 is 1.73 bits per heavy atom. The van der Waals surface area contributed by atoms with Crippen molar-refractivity contribution in [2.24, 2.45) is 11.8 Å². The first-order valence-electron chi connectivity index (χ1n) is 17.5. The lowest BCUT2D eigenvalue weighted by atomic mass is 10.0. The largest absolute Gasteiger partial charge is 0.369 e. The van der Waals surface area contributed by atoms with E-state index in [1.54, 1.807) is 0 Å². The molecule has 0 saturated carbocycles. The third kappa shape index (κ3) is 5.01. The Labute approximate surface area is 284 Å². The van der Waals surface area contributed by atoms with Gasteiger partial charge >= 0.3 is 0 Å². The minimum Gasteiger partial charge on any atom is -0.369 e. The molecule has 48 heavy (non-hydrogen) atoms. The Morgan fingerprint density at radius 1 is 0.667 bits per heavy atom. The Hall–Kier alpha value is -4.81. The van der Waals surface area contributed by atoms with Crippen LogP contribution in [0.5, 0.6) is 0 Å². The number of anilines is 4. The topological polar surface area (TPSA) is 50.3 Å². The summed E-state index contributed by atoms with van der Waals surface area (Å²) in [6.07, 6.45) is 1.09. The van der Waals surface area contributed by atoms with Gasteiger partial charge in [0, 0.05) is 65.6 Å². The van der Waals surface area contributed by atoms with E-state index in [9.17, 15) is 9.90 Å². The highest BCUT2D eigenvalue weighted by molar-refractivity contribution is 6.16. The quantitative estimate of drug-likeness (QED) is 0.213. The lowest BCUT2D eigenvalue weighted by Crippen LogP contribution is -2.35. The van der Waals surface area contributed by atoms with E-state index in [4.69, 9.17) is 0 Å². The van der Waals surface area contributed by atoms with Gasteiger partial charge in [-0.15, -0.1) is 0 Å². The van der Waals surface area contributed by atoms with Crippen molar-refractivity contribution in [1.82, 2.24) is 9.80 Å². The van der Waals surface area contributed by atoms with Crippen molar-refractivity contribution >= 4 is 40.1 Å². The van der Waals surface area contributed by atoms with Crippen molar-refractivity contribution in [3.63, 3.8) is 0 Å². The first-order valence-corrected chi connectivity index (χ1v) is 17.5. The first kappa shape index (κ1) is 30.5. The maximum atomic E-state index is 14.7. The van der Waals surface area contributed by atoms with Gasteiger partial charge in [-0.2, -0.15) is 0 Å². The van der Waals surface area contributed by atoms with Crippen molar-refractivity contribution in [3.8, 4) is 0 Å². The number of nitrogens with zero attached hydrogens (tertiary/aromatic N) is 4. The molecule has 0 aliphatic carbocycles. The van der Waals surface area contributed by atoms with Gasteiger partial charge in [0.15, 0.2) is 6.23 Å².